The summed E-state index contributed by atoms with van der Waals surface area (Å²) in [5.74, 6) is -0.364. The van der Waals surface area contributed by atoms with Crippen molar-refractivity contribution in [1.82, 2.24) is 10.2 Å². The molecule has 2 N–H and O–H groups in total. The second-order valence-corrected chi connectivity index (χ2v) is 8.94. The van der Waals surface area contributed by atoms with Crippen molar-refractivity contribution in [2.75, 3.05) is 13.7 Å². The van der Waals surface area contributed by atoms with E-state index in [1.807, 2.05) is 11.8 Å². The van der Waals surface area contributed by atoms with Gasteiger partial charge in [0.1, 0.15) is 5.75 Å². The van der Waals surface area contributed by atoms with Crippen LogP contribution in [0.3, 0.4) is 0 Å². The van der Waals surface area contributed by atoms with Crippen LogP contribution < -0.4 is 5.32 Å². The maximum atomic E-state index is 13.4. The van der Waals surface area contributed by atoms with E-state index < -0.39 is 11.4 Å². The van der Waals surface area contributed by atoms with Crippen LogP contribution in [0.4, 0.5) is 0 Å². The summed E-state index contributed by atoms with van der Waals surface area (Å²) in [7, 11) is 1.26. The third-order valence-corrected chi connectivity index (χ3v) is 7.42. The number of hydrogen-bond donors (Lipinski definition) is 2. The summed E-state index contributed by atoms with van der Waals surface area (Å²) in [5, 5.41) is 13.2. The van der Waals surface area contributed by atoms with Gasteiger partial charge in [-0.05, 0) is 62.6 Å². The summed E-state index contributed by atoms with van der Waals surface area (Å²) in [6.07, 6.45) is 6.61. The van der Waals surface area contributed by atoms with Gasteiger partial charge >= 0.3 is 5.97 Å². The third-order valence-electron chi connectivity index (χ3n) is 7.42. The average molecular weight is 415 g/mol. The zero-order valence-electron chi connectivity index (χ0n) is 17.6. The molecule has 0 unspecified atom stereocenters. The number of amides is 2. The number of esters is 1. The van der Waals surface area contributed by atoms with Gasteiger partial charge in [-0.3, -0.25) is 9.59 Å². The Balaban J connectivity index is 1.56. The maximum absolute atomic E-state index is 13.4. The predicted octanol–water partition coefficient (Wildman–Crippen LogP) is 2.87. The van der Waals surface area contributed by atoms with Crippen molar-refractivity contribution in [2.45, 2.75) is 64.0 Å². The molecule has 2 heterocycles. The normalized spacial score (nSPS) is 27.6. The number of ether oxygens (including phenoxy) is 1. The minimum atomic E-state index is -0.609. The summed E-state index contributed by atoms with van der Waals surface area (Å²) in [6, 6.07) is 3.95. The van der Waals surface area contributed by atoms with Gasteiger partial charge in [0.25, 0.3) is 5.91 Å². The Morgan fingerprint density at radius 1 is 1.17 bits per heavy atom. The Hall–Kier alpha value is -2.57. The van der Waals surface area contributed by atoms with Crippen molar-refractivity contribution in [2.24, 2.45) is 11.3 Å². The molecule has 1 aromatic rings. The highest BCUT2D eigenvalue weighted by molar-refractivity contribution is 6.00. The van der Waals surface area contributed by atoms with E-state index in [4.69, 9.17) is 4.74 Å². The molecule has 7 heteroatoms. The van der Waals surface area contributed by atoms with Crippen molar-refractivity contribution in [3.8, 4) is 5.75 Å². The zero-order valence-corrected chi connectivity index (χ0v) is 17.6. The van der Waals surface area contributed by atoms with Crippen LogP contribution in [0.25, 0.3) is 0 Å². The Bertz CT molecular complexity index is 865. The number of nitrogens with zero attached hydrogens (tertiary/aromatic N) is 1. The van der Waals surface area contributed by atoms with Gasteiger partial charge in [-0.15, -0.1) is 0 Å². The van der Waals surface area contributed by atoms with Gasteiger partial charge in [0.05, 0.1) is 18.1 Å². The first-order chi connectivity index (χ1) is 14.4. The zero-order chi connectivity index (χ0) is 21.5. The molecule has 162 valence electrons. The molecule has 1 saturated carbocycles. The van der Waals surface area contributed by atoms with Crippen LogP contribution in [0, 0.1) is 11.3 Å². The highest BCUT2D eigenvalue weighted by Gasteiger charge is 2.60. The Morgan fingerprint density at radius 3 is 2.53 bits per heavy atom. The van der Waals surface area contributed by atoms with Crippen LogP contribution in [0.1, 0.15) is 72.6 Å². The van der Waals surface area contributed by atoms with Crippen LogP contribution in [0.2, 0.25) is 0 Å². The van der Waals surface area contributed by atoms with E-state index in [0.717, 1.165) is 19.4 Å². The topological polar surface area (TPSA) is 95.9 Å². The number of benzene rings is 1. The molecule has 2 aliphatic heterocycles. The fourth-order valence-corrected chi connectivity index (χ4v) is 5.50. The first-order valence-electron chi connectivity index (χ1n) is 10.9. The van der Waals surface area contributed by atoms with E-state index in [9.17, 15) is 19.5 Å². The first kappa shape index (κ1) is 20.7. The van der Waals surface area contributed by atoms with Crippen molar-refractivity contribution in [3.63, 3.8) is 0 Å². The summed E-state index contributed by atoms with van der Waals surface area (Å²) >= 11 is 0. The van der Waals surface area contributed by atoms with Crippen LogP contribution in [-0.2, 0) is 9.53 Å². The summed E-state index contributed by atoms with van der Waals surface area (Å²) < 4.78 is 4.72. The smallest absolute Gasteiger partial charge is 0.338 e. The fourth-order valence-electron chi connectivity index (χ4n) is 5.50. The lowest BCUT2D eigenvalue weighted by Gasteiger charge is -2.36. The molecule has 2 amide bonds. The second kappa shape index (κ2) is 7.93. The van der Waals surface area contributed by atoms with Crippen molar-refractivity contribution >= 4 is 17.8 Å². The molecule has 7 nitrogen and oxygen atoms in total. The number of phenols is 1. The molecule has 3 fully saturated rings. The van der Waals surface area contributed by atoms with Crippen LogP contribution in [-0.4, -0.2) is 53.5 Å². The molecule has 4 rings (SSSR count). The van der Waals surface area contributed by atoms with Crippen LogP contribution >= 0.6 is 0 Å². The average Bonchev–Trinajstić information content (AvgIpc) is 3.27. The maximum Gasteiger partial charge on any atom is 0.338 e. The number of nitrogens with one attached hydrogen (secondary N) is 1. The van der Waals surface area contributed by atoms with E-state index in [1.165, 1.54) is 44.6 Å². The molecule has 0 spiro atoms. The Morgan fingerprint density at radius 2 is 1.90 bits per heavy atom. The number of carbonyl (C=O) groups excluding carboxylic acids is 3. The standard InChI is InChI=1S/C23H30N2O5/c1-3-23(22(29)24-13-14-5-4-6-14)12-17-7-8-19(23)25(17)20(27)15-9-16(21(28)30-2)11-18(26)10-15/h9-11,14,17,19,26H,3-8,12-13H2,1-2H3,(H,24,29)/t17-,19+,23+/m1/s1. The SMILES string of the molecule is CC[C@]1(C(=O)NCC2CCC2)C[C@H]2CC[C@@H]1N2C(=O)c1cc(O)cc(C(=O)OC)c1. The van der Waals surface area contributed by atoms with E-state index in [0.29, 0.717) is 18.8 Å². The molecule has 0 aromatic heterocycles. The van der Waals surface area contributed by atoms with E-state index in [2.05, 4.69) is 5.32 Å². The molecule has 2 saturated heterocycles. The van der Waals surface area contributed by atoms with E-state index in [-0.39, 0.29) is 40.8 Å². The first-order valence-corrected chi connectivity index (χ1v) is 10.9. The van der Waals surface area contributed by atoms with Gasteiger partial charge in [-0.1, -0.05) is 13.3 Å². The fraction of sp³-hybridized carbons (Fsp3) is 0.609. The van der Waals surface area contributed by atoms with Gasteiger partial charge < -0.3 is 20.1 Å². The molecule has 1 aliphatic carbocycles. The number of aromatic hydroxyl groups is 1. The van der Waals surface area contributed by atoms with Crippen molar-refractivity contribution in [1.29, 1.82) is 0 Å². The van der Waals surface area contributed by atoms with E-state index in [1.54, 1.807) is 0 Å². The number of fused-ring (bicyclic) bond motifs is 2. The van der Waals surface area contributed by atoms with Gasteiger partial charge in [-0.25, -0.2) is 4.79 Å². The second-order valence-electron chi connectivity index (χ2n) is 8.94. The Kier molecular flexibility index (Phi) is 5.47. The quantitative estimate of drug-likeness (QED) is 0.698. The number of carbonyl (C=O) groups is 3. The van der Waals surface area contributed by atoms with Gasteiger partial charge in [-0.2, -0.15) is 0 Å². The van der Waals surface area contributed by atoms with Gasteiger partial charge in [0, 0.05) is 24.2 Å². The monoisotopic (exact) mass is 414 g/mol. The number of phenolic OH excluding ortho intramolecular Hbond substituents is 1. The van der Waals surface area contributed by atoms with Gasteiger partial charge in [0.2, 0.25) is 5.91 Å². The molecule has 1 aromatic carbocycles. The highest BCUT2D eigenvalue weighted by Crippen LogP contribution is 2.52. The molecular formula is C23H30N2O5. The molecular weight excluding hydrogens is 384 g/mol. The lowest BCUT2D eigenvalue weighted by Crippen LogP contribution is -2.50. The lowest BCUT2D eigenvalue weighted by molar-refractivity contribution is -0.133. The van der Waals surface area contributed by atoms with Crippen molar-refractivity contribution < 1.29 is 24.2 Å². The Labute approximate surface area is 176 Å². The lowest BCUT2D eigenvalue weighted by atomic mass is 9.71. The highest BCUT2D eigenvalue weighted by atomic mass is 16.5. The summed E-state index contributed by atoms with van der Waals surface area (Å²) in [5.41, 5.74) is -0.189. The van der Waals surface area contributed by atoms with E-state index >= 15 is 0 Å². The van der Waals surface area contributed by atoms with Gasteiger partial charge in [0.15, 0.2) is 0 Å². The van der Waals surface area contributed by atoms with Crippen LogP contribution in [0.15, 0.2) is 18.2 Å². The summed E-state index contributed by atoms with van der Waals surface area (Å²) in [4.78, 5) is 40.3. The number of hydrogen-bond acceptors (Lipinski definition) is 5. The summed E-state index contributed by atoms with van der Waals surface area (Å²) in [6.45, 7) is 2.75. The molecule has 0 radical (unpaired) electrons. The largest absolute Gasteiger partial charge is 0.508 e. The predicted molar refractivity (Wildman–Crippen MR) is 110 cm³/mol. The molecule has 3 aliphatic rings. The minimum absolute atomic E-state index is 0.000767. The number of methoxy groups -OCH3 is 1. The molecule has 2 bridgehead atoms. The number of rotatable bonds is 6. The minimum Gasteiger partial charge on any atom is -0.508 e. The molecule has 3 atom stereocenters. The molecule has 30 heavy (non-hydrogen) atoms. The van der Waals surface area contributed by atoms with Crippen molar-refractivity contribution in [3.05, 3.63) is 29.3 Å². The third kappa shape index (κ3) is 3.34. The van der Waals surface area contributed by atoms with Crippen LogP contribution in [0.5, 0.6) is 5.75 Å².